The third-order valence-corrected chi connectivity index (χ3v) is 3.01. The summed E-state index contributed by atoms with van der Waals surface area (Å²) in [5.74, 6) is -0.598. The van der Waals surface area contributed by atoms with E-state index in [1.807, 2.05) is 0 Å². The number of rotatable bonds is 4. The van der Waals surface area contributed by atoms with Gasteiger partial charge in [0.15, 0.2) is 0 Å². The molecule has 0 aromatic carbocycles. The molecule has 0 radical (unpaired) electrons. The Balaban J connectivity index is 2.63. The van der Waals surface area contributed by atoms with Crippen LogP contribution in [0.5, 0.6) is 0 Å². The van der Waals surface area contributed by atoms with Gasteiger partial charge in [-0.25, -0.2) is 18.1 Å². The Morgan fingerprint density at radius 2 is 2.29 bits per heavy atom. The molecule has 0 aliphatic heterocycles. The Kier molecular flexibility index (Phi) is 3.54. The van der Waals surface area contributed by atoms with E-state index in [1.54, 1.807) is 6.07 Å². The predicted molar refractivity (Wildman–Crippen MR) is 50.5 cm³/mol. The maximum absolute atomic E-state index is 12.6. The van der Waals surface area contributed by atoms with E-state index in [2.05, 4.69) is 9.71 Å². The first kappa shape index (κ1) is 11.1. The van der Waals surface area contributed by atoms with E-state index in [1.165, 1.54) is 19.2 Å². The molecule has 0 saturated heterocycles. The van der Waals surface area contributed by atoms with Crippen LogP contribution in [0.4, 0.5) is 4.39 Å². The van der Waals surface area contributed by atoms with Crippen molar-refractivity contribution in [2.45, 2.75) is 13.5 Å². The van der Waals surface area contributed by atoms with Gasteiger partial charge < -0.3 is 0 Å². The van der Waals surface area contributed by atoms with Crippen molar-refractivity contribution in [3.05, 3.63) is 29.8 Å². The number of nitrogens with one attached hydrogen (secondary N) is 1. The fraction of sp³-hybridized carbons (Fsp3) is 0.375. The van der Waals surface area contributed by atoms with E-state index in [0.29, 0.717) is 5.56 Å². The summed E-state index contributed by atoms with van der Waals surface area (Å²) in [5, 5.41) is 0. The second-order valence-electron chi connectivity index (χ2n) is 2.71. The lowest BCUT2D eigenvalue weighted by atomic mass is 10.3. The monoisotopic (exact) mass is 218 g/mol. The minimum atomic E-state index is -3.22. The summed E-state index contributed by atoms with van der Waals surface area (Å²) in [6.07, 6.45) is 1.30. The highest BCUT2D eigenvalue weighted by molar-refractivity contribution is 7.89. The molecule has 14 heavy (non-hydrogen) atoms. The number of hydrogen-bond acceptors (Lipinski definition) is 3. The molecular weight excluding hydrogens is 207 g/mol. The lowest BCUT2D eigenvalue weighted by Crippen LogP contribution is -2.24. The zero-order valence-corrected chi connectivity index (χ0v) is 8.51. The molecule has 6 heteroatoms. The fourth-order valence-corrected chi connectivity index (χ4v) is 1.44. The smallest absolute Gasteiger partial charge is 0.213 e. The topological polar surface area (TPSA) is 59.1 Å². The highest BCUT2D eigenvalue weighted by Gasteiger charge is 2.05. The van der Waals surface area contributed by atoms with Crippen LogP contribution in [0.25, 0.3) is 0 Å². The number of halogens is 1. The fourth-order valence-electron chi connectivity index (χ4n) is 0.848. The summed E-state index contributed by atoms with van der Waals surface area (Å²) in [4.78, 5) is 3.36. The van der Waals surface area contributed by atoms with Crippen LogP contribution in [-0.4, -0.2) is 19.2 Å². The lowest BCUT2D eigenvalue weighted by Gasteiger charge is -2.03. The Morgan fingerprint density at radius 1 is 1.57 bits per heavy atom. The van der Waals surface area contributed by atoms with Crippen molar-refractivity contribution in [1.82, 2.24) is 9.71 Å². The van der Waals surface area contributed by atoms with E-state index in [9.17, 15) is 12.8 Å². The average molecular weight is 218 g/mol. The first-order valence-electron chi connectivity index (χ1n) is 4.11. The van der Waals surface area contributed by atoms with Crippen LogP contribution < -0.4 is 4.72 Å². The molecule has 0 aliphatic rings. The molecule has 0 spiro atoms. The van der Waals surface area contributed by atoms with Crippen LogP contribution in [0.2, 0.25) is 0 Å². The number of pyridine rings is 1. The number of hydrogen-bond donors (Lipinski definition) is 1. The van der Waals surface area contributed by atoms with Gasteiger partial charge >= 0.3 is 0 Å². The van der Waals surface area contributed by atoms with E-state index in [4.69, 9.17) is 0 Å². The maximum atomic E-state index is 12.6. The molecule has 1 N–H and O–H groups in total. The van der Waals surface area contributed by atoms with Crippen molar-refractivity contribution in [2.24, 2.45) is 0 Å². The number of aromatic nitrogens is 1. The van der Waals surface area contributed by atoms with Crippen molar-refractivity contribution in [1.29, 1.82) is 0 Å². The van der Waals surface area contributed by atoms with Crippen molar-refractivity contribution < 1.29 is 12.8 Å². The Labute approximate surface area is 82.2 Å². The van der Waals surface area contributed by atoms with E-state index < -0.39 is 16.0 Å². The number of nitrogens with zero attached hydrogens (tertiary/aromatic N) is 1. The van der Waals surface area contributed by atoms with Gasteiger partial charge in [0.2, 0.25) is 16.0 Å². The first-order valence-corrected chi connectivity index (χ1v) is 5.76. The van der Waals surface area contributed by atoms with Gasteiger partial charge in [0.1, 0.15) is 0 Å². The molecule has 1 aromatic heterocycles. The van der Waals surface area contributed by atoms with Crippen molar-refractivity contribution in [3.63, 3.8) is 0 Å². The molecule has 0 atom stereocenters. The first-order chi connectivity index (χ1) is 6.53. The summed E-state index contributed by atoms with van der Waals surface area (Å²) >= 11 is 0. The minimum absolute atomic E-state index is 0.0145. The summed E-state index contributed by atoms with van der Waals surface area (Å²) in [5.41, 5.74) is 0.550. The molecule has 0 bridgehead atoms. The highest BCUT2D eigenvalue weighted by atomic mass is 32.2. The van der Waals surface area contributed by atoms with Crippen LogP contribution >= 0.6 is 0 Å². The Morgan fingerprint density at radius 3 is 2.86 bits per heavy atom. The SMILES string of the molecule is CCS(=O)(=O)NCc1ccnc(F)c1. The van der Waals surface area contributed by atoms with Crippen LogP contribution in [-0.2, 0) is 16.6 Å². The number of sulfonamides is 1. The van der Waals surface area contributed by atoms with Crippen molar-refractivity contribution >= 4 is 10.0 Å². The standard InChI is InChI=1S/C8H11FN2O2S/c1-2-14(12,13)11-6-7-3-4-10-8(9)5-7/h3-5,11H,2,6H2,1H3. The van der Waals surface area contributed by atoms with E-state index in [0.717, 1.165) is 0 Å². The summed E-state index contributed by atoms with van der Waals surface area (Å²) in [6, 6.07) is 2.75. The molecule has 78 valence electrons. The molecule has 0 fully saturated rings. The molecule has 1 aromatic rings. The molecule has 0 amide bonds. The Bertz CT molecular complexity index is 406. The van der Waals surface area contributed by atoms with E-state index >= 15 is 0 Å². The van der Waals surface area contributed by atoms with Gasteiger partial charge in [-0.3, -0.25) is 0 Å². The maximum Gasteiger partial charge on any atom is 0.213 e. The van der Waals surface area contributed by atoms with E-state index in [-0.39, 0.29) is 12.3 Å². The molecule has 4 nitrogen and oxygen atoms in total. The quantitative estimate of drug-likeness (QED) is 0.755. The van der Waals surface area contributed by atoms with Crippen molar-refractivity contribution in [3.8, 4) is 0 Å². The lowest BCUT2D eigenvalue weighted by molar-refractivity contribution is 0.574. The predicted octanol–water partition coefficient (Wildman–Crippen LogP) is 0.660. The molecular formula is C8H11FN2O2S. The van der Waals surface area contributed by atoms with Crippen molar-refractivity contribution in [2.75, 3.05) is 5.75 Å². The molecule has 1 heterocycles. The summed E-state index contributed by atoms with van der Waals surface area (Å²) in [6.45, 7) is 1.63. The van der Waals surface area contributed by atoms with Crippen LogP contribution in [0.3, 0.4) is 0 Å². The zero-order valence-electron chi connectivity index (χ0n) is 7.70. The highest BCUT2D eigenvalue weighted by Crippen LogP contribution is 2.00. The largest absolute Gasteiger partial charge is 0.228 e. The van der Waals surface area contributed by atoms with Gasteiger partial charge in [0.25, 0.3) is 0 Å². The second kappa shape index (κ2) is 4.47. The molecule has 0 saturated carbocycles. The normalized spacial score (nSPS) is 11.6. The summed E-state index contributed by atoms with van der Waals surface area (Å²) in [7, 11) is -3.22. The third-order valence-electron chi connectivity index (χ3n) is 1.67. The average Bonchev–Trinajstić information content (AvgIpc) is 2.15. The summed E-state index contributed by atoms with van der Waals surface area (Å²) < 4.78 is 37.0. The van der Waals surface area contributed by atoms with Gasteiger partial charge in [0.05, 0.1) is 5.75 Å². The second-order valence-corrected chi connectivity index (χ2v) is 4.81. The Hall–Kier alpha value is -1.01. The zero-order chi connectivity index (χ0) is 10.6. The van der Waals surface area contributed by atoms with Gasteiger partial charge in [0, 0.05) is 12.7 Å². The van der Waals surface area contributed by atoms with Crippen LogP contribution in [0, 0.1) is 5.95 Å². The van der Waals surface area contributed by atoms with Gasteiger partial charge in [-0.2, -0.15) is 4.39 Å². The minimum Gasteiger partial charge on any atom is -0.228 e. The molecule has 0 unspecified atom stereocenters. The molecule has 1 rings (SSSR count). The van der Waals surface area contributed by atoms with Gasteiger partial charge in [-0.15, -0.1) is 0 Å². The third kappa shape index (κ3) is 3.39. The van der Waals surface area contributed by atoms with Crippen LogP contribution in [0.1, 0.15) is 12.5 Å². The van der Waals surface area contributed by atoms with Gasteiger partial charge in [-0.05, 0) is 24.6 Å². The molecule has 0 aliphatic carbocycles. The van der Waals surface area contributed by atoms with Gasteiger partial charge in [-0.1, -0.05) is 0 Å². The van der Waals surface area contributed by atoms with Crippen LogP contribution in [0.15, 0.2) is 18.3 Å².